The smallest absolute Gasteiger partial charge is 0.258 e. The van der Waals surface area contributed by atoms with Gasteiger partial charge in [-0.05, 0) is 253 Å². The van der Waals surface area contributed by atoms with E-state index < -0.39 is 5.82 Å². The Labute approximate surface area is 669 Å². The molecule has 116 heavy (non-hydrogen) atoms. The van der Waals surface area contributed by atoms with E-state index in [1.54, 1.807) is 54.3 Å². The van der Waals surface area contributed by atoms with E-state index in [9.17, 15) is 23.6 Å². The molecular formula is C91H95FN20O4. The molecule has 4 aliphatic heterocycles. The Morgan fingerprint density at radius 1 is 0.414 bits per heavy atom. The molecule has 3 saturated heterocycles. The number of piperidine rings is 3. The molecule has 3 fully saturated rings. The minimum Gasteiger partial charge on any atom is -0.306 e. The zero-order valence-electron chi connectivity index (χ0n) is 67.1. The van der Waals surface area contributed by atoms with Crippen molar-refractivity contribution in [3.05, 3.63) is 283 Å². The molecule has 1 aromatic carbocycles. The molecule has 0 aliphatic carbocycles. The predicted octanol–water partition coefficient (Wildman–Crippen LogP) is 13.7. The topological polar surface area (TPSA) is 220 Å². The van der Waals surface area contributed by atoms with Gasteiger partial charge in [0.05, 0.1) is 51.6 Å². The number of pyridine rings is 7. The molecule has 16 aromatic rings. The normalized spacial score (nSPS) is 15.9. The fourth-order valence-corrected chi connectivity index (χ4v) is 16.8. The first kappa shape index (κ1) is 76.3. The first-order chi connectivity index (χ1) is 56.1. The number of rotatable bonds is 10. The van der Waals surface area contributed by atoms with Crippen molar-refractivity contribution in [1.82, 2.24) is 95.1 Å². The Kier molecular flexibility index (Phi) is 21.2. The second-order valence-electron chi connectivity index (χ2n) is 31.9. The molecule has 0 unspecified atom stereocenters. The van der Waals surface area contributed by atoms with Gasteiger partial charge in [0.15, 0.2) is 11.5 Å². The van der Waals surface area contributed by atoms with Crippen molar-refractivity contribution < 1.29 is 4.39 Å². The largest absolute Gasteiger partial charge is 0.306 e. The maximum Gasteiger partial charge on any atom is 0.258 e. The number of hydrogen-bond donors (Lipinski definition) is 0. The van der Waals surface area contributed by atoms with E-state index in [1.807, 2.05) is 182 Å². The zero-order chi connectivity index (χ0) is 80.2. The van der Waals surface area contributed by atoms with Crippen molar-refractivity contribution in [2.45, 2.75) is 110 Å². The Balaban J connectivity index is 0.000000111. The summed E-state index contributed by atoms with van der Waals surface area (Å²) in [7, 11) is 6.18. The first-order valence-corrected chi connectivity index (χ1v) is 40.3. The highest BCUT2D eigenvalue weighted by Gasteiger charge is 2.26. The van der Waals surface area contributed by atoms with Crippen LogP contribution in [0, 0.1) is 26.6 Å². The number of aryl methyl sites for hydroxylation is 4. The maximum absolute atomic E-state index is 14.5. The molecule has 15 aromatic heterocycles. The minimum absolute atomic E-state index is 0.0114. The van der Waals surface area contributed by atoms with Gasteiger partial charge in [-0.3, -0.25) is 46.4 Å². The van der Waals surface area contributed by atoms with Gasteiger partial charge in [-0.2, -0.15) is 5.10 Å². The van der Waals surface area contributed by atoms with Crippen molar-refractivity contribution in [1.29, 1.82) is 0 Å². The van der Waals surface area contributed by atoms with E-state index >= 15 is 0 Å². The molecule has 0 saturated carbocycles. The molecule has 4 aliphatic rings. The highest BCUT2D eigenvalue weighted by Crippen LogP contribution is 2.33. The third-order valence-corrected chi connectivity index (χ3v) is 23.6. The molecule has 0 radical (unpaired) electrons. The summed E-state index contributed by atoms with van der Waals surface area (Å²) >= 11 is 0. The number of aromatic nitrogens is 16. The minimum atomic E-state index is -0.390. The van der Waals surface area contributed by atoms with Gasteiger partial charge in [-0.1, -0.05) is 19.1 Å². The van der Waals surface area contributed by atoms with E-state index in [-0.39, 0.29) is 22.2 Å². The first-order valence-electron chi connectivity index (χ1n) is 40.3. The van der Waals surface area contributed by atoms with Crippen LogP contribution in [0.5, 0.6) is 0 Å². The van der Waals surface area contributed by atoms with Crippen molar-refractivity contribution in [3.8, 4) is 44.6 Å². The van der Waals surface area contributed by atoms with Crippen LogP contribution in [0.2, 0.25) is 0 Å². The Hall–Kier alpha value is -12.3. The van der Waals surface area contributed by atoms with E-state index in [4.69, 9.17) is 19.9 Å². The molecule has 0 atom stereocenters. The second kappa shape index (κ2) is 32.2. The average molecular weight is 1550 g/mol. The number of fused-ring (bicyclic) bond motifs is 8. The summed E-state index contributed by atoms with van der Waals surface area (Å²) in [5.41, 5.74) is 20.7. The Morgan fingerprint density at radius 3 is 1.31 bits per heavy atom. The number of imidazole rings is 3. The summed E-state index contributed by atoms with van der Waals surface area (Å²) < 4.78 is 28.5. The predicted molar refractivity (Wildman–Crippen MR) is 455 cm³/mol. The van der Waals surface area contributed by atoms with Gasteiger partial charge in [-0.25, -0.2) is 39.3 Å². The van der Waals surface area contributed by atoms with Crippen molar-refractivity contribution in [3.63, 3.8) is 0 Å². The lowest BCUT2D eigenvalue weighted by molar-refractivity contribution is 0.171. The van der Waals surface area contributed by atoms with Crippen molar-refractivity contribution >= 4 is 56.0 Å². The van der Waals surface area contributed by atoms with Crippen LogP contribution in [-0.2, 0) is 7.05 Å². The van der Waals surface area contributed by atoms with Gasteiger partial charge < -0.3 is 27.9 Å². The molecule has 0 bridgehead atoms. The standard InChI is InChI=1S/C24H27N5O.C23H23N5O.C22H22FN5O.C22H23N5O/c1-16(2)27-10-8-18(9-11-27)21-12-24(30)29-15-20(5-7-23(29)26-21)19-4-6-22-25-17(3)13-28(22)14-19;1-3-27-10-8-16(9-11-27)18-5-7-22-25-20(13-23(29)28(22)15-18)17-4-6-21-19(12-17)14-24-26(21)2;1-14-11-27-12-17(9-18(23)22(27)24-14)16-3-4-20-25-19(10-21(29)28(20)13-16)15-5-7-26(2)8-6-15;1-15-12-26-13-17(3-5-20(26)23-15)18-4-6-21-24-19(11-22(28)27(21)14-18)16-7-9-25(2)10-8-16/h4-7,12-16,18H,8-11H2,1-3H3;4-8,12-15H,3,9-11H2,1-2H3;3-4,9-13,15H,5-8H2,1-2H3;3-6,11-14,16H,7-10H2,1-2H3. The molecule has 20 rings (SSSR count). The Bertz CT molecular complexity index is 6710. The van der Waals surface area contributed by atoms with Crippen LogP contribution < -0.4 is 22.2 Å². The number of likely N-dealkylation sites (tertiary alicyclic amines) is 3. The van der Waals surface area contributed by atoms with Crippen molar-refractivity contribution in [2.75, 3.05) is 73.0 Å². The number of benzene rings is 1. The zero-order valence-corrected chi connectivity index (χ0v) is 67.1. The summed E-state index contributed by atoms with van der Waals surface area (Å²) in [4.78, 5) is 93.2. The SMILES string of the molecule is CCN1CC=C(c2ccc3nc(-c4ccc5c(cnn5C)c4)cc(=O)n3c2)CC1.Cc1cn2cc(-c3ccc4nc(C5CCN(C(C)C)CC5)cc(=O)n4c3)ccc2n1.Cc1cn2cc(-c3ccc4nc(C5CCN(C)CC5)cc(=O)n4c3)cc(F)c2n1.Cc1cn2cc(-c3ccc4nc(C5CCN(C)CC5)cc(=O)n4c3)ccc2n1. The summed E-state index contributed by atoms with van der Waals surface area (Å²) in [5.74, 6) is 0.674. The van der Waals surface area contributed by atoms with Crippen molar-refractivity contribution in [2.24, 2.45) is 7.05 Å². The van der Waals surface area contributed by atoms with Crippen LogP contribution in [0.15, 0.2) is 215 Å². The number of hydrogen-bond acceptors (Lipinski definition) is 16. The lowest BCUT2D eigenvalue weighted by Gasteiger charge is -2.34. The Morgan fingerprint density at radius 2 is 0.828 bits per heavy atom. The van der Waals surface area contributed by atoms with Gasteiger partial charge in [0.25, 0.3) is 22.2 Å². The number of likely N-dealkylation sites (N-methyl/N-ethyl adjacent to an activating group) is 1. The van der Waals surface area contributed by atoms with E-state index in [1.165, 1.54) is 16.0 Å². The summed E-state index contributed by atoms with van der Waals surface area (Å²) in [6.45, 7) is 21.8. The van der Waals surface area contributed by atoms with Gasteiger partial charge >= 0.3 is 0 Å². The summed E-state index contributed by atoms with van der Waals surface area (Å²) in [6, 6.07) is 38.5. The fraction of sp³-hybridized carbons (Fsp3) is 0.319. The highest BCUT2D eigenvalue weighted by atomic mass is 19.1. The highest BCUT2D eigenvalue weighted by molar-refractivity contribution is 5.84. The lowest BCUT2D eigenvalue weighted by atomic mass is 9.92. The molecule has 25 heteroatoms. The second-order valence-corrected chi connectivity index (χ2v) is 31.9. The lowest BCUT2D eigenvalue weighted by Crippen LogP contribution is -2.38. The summed E-state index contributed by atoms with van der Waals surface area (Å²) in [5, 5.41) is 5.32. The molecule has 0 spiro atoms. The molecule has 0 N–H and O–H groups in total. The van der Waals surface area contributed by atoms with Gasteiger partial charge in [-0.15, -0.1) is 0 Å². The summed E-state index contributed by atoms with van der Waals surface area (Å²) in [6.07, 6.45) is 30.5. The third kappa shape index (κ3) is 16.0. The van der Waals surface area contributed by atoms with E-state index in [0.717, 1.165) is 199 Å². The quantitative estimate of drug-likeness (QED) is 0.124. The molecule has 24 nitrogen and oxygen atoms in total. The van der Waals surface area contributed by atoms with Crippen LogP contribution in [0.4, 0.5) is 4.39 Å². The van der Waals surface area contributed by atoms with Crippen LogP contribution in [0.1, 0.15) is 123 Å². The number of halogens is 1. The van der Waals surface area contributed by atoms with Crippen LogP contribution >= 0.6 is 0 Å². The van der Waals surface area contributed by atoms with E-state index in [0.29, 0.717) is 63.3 Å². The van der Waals surface area contributed by atoms with Crippen LogP contribution in [0.25, 0.3) is 101 Å². The van der Waals surface area contributed by atoms with E-state index in [2.05, 4.69) is 86.7 Å². The fourth-order valence-electron chi connectivity index (χ4n) is 16.8. The number of nitrogens with zero attached hydrogens (tertiary/aromatic N) is 20. The van der Waals surface area contributed by atoms with Gasteiger partial charge in [0.2, 0.25) is 0 Å². The third-order valence-electron chi connectivity index (χ3n) is 23.6. The average Bonchev–Trinajstić information content (AvgIpc) is 1.17. The molecular weight excluding hydrogens is 1460 g/mol. The van der Waals surface area contributed by atoms with Gasteiger partial charge in [0, 0.05) is 163 Å². The molecule has 590 valence electrons. The molecule has 19 heterocycles. The maximum atomic E-state index is 14.5. The molecule has 0 amide bonds. The van der Waals surface area contributed by atoms with Crippen LogP contribution in [0.3, 0.4) is 0 Å². The van der Waals surface area contributed by atoms with Gasteiger partial charge in [0.1, 0.15) is 33.9 Å². The van der Waals surface area contributed by atoms with Crippen LogP contribution in [-0.4, -0.2) is 174 Å². The monoisotopic (exact) mass is 1550 g/mol.